The predicted molar refractivity (Wildman–Crippen MR) is 112 cm³/mol. The first-order chi connectivity index (χ1) is 14.1. The van der Waals surface area contributed by atoms with Gasteiger partial charge in [0.2, 0.25) is 0 Å². The first-order valence-electron chi connectivity index (χ1n) is 10.3. The van der Waals surface area contributed by atoms with E-state index in [1.807, 2.05) is 0 Å². The van der Waals surface area contributed by atoms with Crippen molar-refractivity contribution in [2.45, 2.75) is 57.6 Å². The van der Waals surface area contributed by atoms with Gasteiger partial charge in [-0.15, -0.1) is 0 Å². The van der Waals surface area contributed by atoms with Crippen LogP contribution in [0.25, 0.3) is 0 Å². The molecule has 0 saturated carbocycles. The van der Waals surface area contributed by atoms with Crippen molar-refractivity contribution >= 4 is 27.7 Å². The van der Waals surface area contributed by atoms with E-state index in [0.29, 0.717) is 24.6 Å². The van der Waals surface area contributed by atoms with Gasteiger partial charge in [-0.2, -0.15) is 0 Å². The molecule has 1 aromatic carbocycles. The normalized spacial score (nSPS) is 21.8. The number of hydrogen-bond donors (Lipinski definition) is 1. The van der Waals surface area contributed by atoms with Crippen LogP contribution in [0.5, 0.6) is 0 Å². The molecule has 164 valence electrons. The minimum Gasteiger partial charge on any atom is -0.451 e. The fourth-order valence-corrected chi connectivity index (χ4v) is 4.86. The number of ether oxygens (including phenoxy) is 1. The number of esters is 1. The standard InChI is InChI=1S/C21H29N3O5S/c1-13(2)18(22-19-16-7-5-6-8-17(16)30(27,28)23-19)21(26)29-15(4)20(25)24-11-9-14(3)10-12-24/h5-8,13-15,18H,9-12H2,1-4H3,(H,22,23)/t15-,18+/m0/s1. The molecule has 0 spiro atoms. The van der Waals surface area contributed by atoms with Crippen molar-refractivity contribution in [2.24, 2.45) is 16.8 Å². The maximum absolute atomic E-state index is 12.8. The molecule has 2 heterocycles. The van der Waals surface area contributed by atoms with E-state index in [9.17, 15) is 18.0 Å². The molecule has 3 rings (SSSR count). The average molecular weight is 436 g/mol. The molecule has 1 saturated heterocycles. The molecule has 2 aliphatic heterocycles. The van der Waals surface area contributed by atoms with E-state index < -0.39 is 28.1 Å². The van der Waals surface area contributed by atoms with Crippen LogP contribution in [0.3, 0.4) is 0 Å². The summed E-state index contributed by atoms with van der Waals surface area (Å²) in [4.78, 5) is 31.7. The van der Waals surface area contributed by atoms with Gasteiger partial charge in [-0.3, -0.25) is 14.5 Å². The van der Waals surface area contributed by atoms with Crippen molar-refractivity contribution in [2.75, 3.05) is 13.1 Å². The Morgan fingerprint density at radius 1 is 1.17 bits per heavy atom. The van der Waals surface area contributed by atoms with Crippen molar-refractivity contribution in [1.29, 1.82) is 0 Å². The highest BCUT2D eigenvalue weighted by Crippen LogP contribution is 2.24. The summed E-state index contributed by atoms with van der Waals surface area (Å²) in [7, 11) is -3.70. The van der Waals surface area contributed by atoms with Gasteiger partial charge < -0.3 is 9.64 Å². The van der Waals surface area contributed by atoms with Gasteiger partial charge in [0.15, 0.2) is 12.1 Å². The maximum atomic E-state index is 12.8. The summed E-state index contributed by atoms with van der Waals surface area (Å²) in [6, 6.07) is 5.52. The van der Waals surface area contributed by atoms with Crippen LogP contribution in [0.2, 0.25) is 0 Å². The van der Waals surface area contributed by atoms with Gasteiger partial charge in [-0.25, -0.2) is 13.2 Å². The topological polar surface area (TPSA) is 105 Å². The summed E-state index contributed by atoms with van der Waals surface area (Å²) in [6.07, 6.45) is 0.961. The highest BCUT2D eigenvalue weighted by molar-refractivity contribution is 7.90. The molecule has 1 fully saturated rings. The molecule has 1 N–H and O–H groups in total. The number of aliphatic imine (C=N–C) groups is 1. The third kappa shape index (κ3) is 4.66. The van der Waals surface area contributed by atoms with Crippen LogP contribution in [-0.2, 0) is 24.3 Å². The van der Waals surface area contributed by atoms with Gasteiger partial charge in [0.05, 0.1) is 4.90 Å². The molecule has 0 bridgehead atoms. The highest BCUT2D eigenvalue weighted by atomic mass is 32.2. The summed E-state index contributed by atoms with van der Waals surface area (Å²) >= 11 is 0. The third-order valence-corrected chi connectivity index (χ3v) is 6.94. The number of piperidine rings is 1. The number of benzene rings is 1. The molecule has 0 radical (unpaired) electrons. The second-order valence-corrected chi connectivity index (χ2v) is 10.0. The van der Waals surface area contributed by atoms with Gasteiger partial charge in [-0.05, 0) is 43.7 Å². The molecular formula is C21H29N3O5S. The first-order valence-corrected chi connectivity index (χ1v) is 11.8. The van der Waals surface area contributed by atoms with Crippen LogP contribution in [0.1, 0.15) is 46.1 Å². The summed E-state index contributed by atoms with van der Waals surface area (Å²) in [5, 5.41) is 0. The van der Waals surface area contributed by atoms with Crippen LogP contribution in [0.15, 0.2) is 34.2 Å². The van der Waals surface area contributed by atoms with Crippen molar-refractivity contribution in [3.63, 3.8) is 0 Å². The number of carbonyl (C=O) groups excluding carboxylic acids is 2. The number of amides is 1. The van der Waals surface area contributed by atoms with Gasteiger partial charge in [-0.1, -0.05) is 32.9 Å². The number of nitrogens with zero attached hydrogens (tertiary/aromatic N) is 2. The zero-order valence-corrected chi connectivity index (χ0v) is 18.6. The molecule has 30 heavy (non-hydrogen) atoms. The third-order valence-electron chi connectivity index (χ3n) is 5.54. The number of likely N-dealkylation sites (tertiary alicyclic amines) is 1. The smallest absolute Gasteiger partial charge is 0.331 e. The molecule has 8 nitrogen and oxygen atoms in total. The van der Waals surface area contributed by atoms with E-state index in [2.05, 4.69) is 16.6 Å². The zero-order valence-electron chi connectivity index (χ0n) is 17.8. The Morgan fingerprint density at radius 2 is 1.80 bits per heavy atom. The van der Waals surface area contributed by atoms with Crippen molar-refractivity contribution < 1.29 is 22.7 Å². The van der Waals surface area contributed by atoms with E-state index in [1.54, 1.807) is 43.9 Å². The summed E-state index contributed by atoms with van der Waals surface area (Å²) in [5.41, 5.74) is 0.419. The molecule has 1 amide bonds. The van der Waals surface area contributed by atoms with Gasteiger partial charge in [0.25, 0.3) is 15.9 Å². The van der Waals surface area contributed by atoms with Crippen LogP contribution in [0, 0.1) is 11.8 Å². The number of amidine groups is 1. The minimum atomic E-state index is -3.70. The largest absolute Gasteiger partial charge is 0.451 e. The van der Waals surface area contributed by atoms with E-state index in [0.717, 1.165) is 12.8 Å². The van der Waals surface area contributed by atoms with Crippen molar-refractivity contribution in [3.8, 4) is 0 Å². The SMILES string of the molecule is CC1CCN(C(=O)[C@H](C)OC(=O)[C@H](N=C2NS(=O)(=O)c3ccccc32)C(C)C)CC1. The second kappa shape index (κ2) is 8.75. The van der Waals surface area contributed by atoms with Crippen LogP contribution in [-0.4, -0.2) is 56.3 Å². The van der Waals surface area contributed by atoms with Gasteiger partial charge in [0.1, 0.15) is 5.84 Å². The van der Waals surface area contributed by atoms with Crippen LogP contribution in [0.4, 0.5) is 0 Å². The molecule has 0 aromatic heterocycles. The lowest BCUT2D eigenvalue weighted by molar-refractivity contribution is -0.161. The van der Waals surface area contributed by atoms with E-state index in [-0.39, 0.29) is 22.6 Å². The zero-order chi connectivity index (χ0) is 22.1. The molecule has 1 aromatic rings. The van der Waals surface area contributed by atoms with E-state index >= 15 is 0 Å². The molecule has 2 atom stereocenters. The molecule has 0 aliphatic carbocycles. The number of nitrogens with one attached hydrogen (secondary N) is 1. The number of fused-ring (bicyclic) bond motifs is 1. The number of rotatable bonds is 5. The number of carbonyl (C=O) groups is 2. The summed E-state index contributed by atoms with van der Waals surface area (Å²) < 4.78 is 32.4. The summed E-state index contributed by atoms with van der Waals surface area (Å²) in [6.45, 7) is 8.64. The Bertz CT molecular complexity index is 949. The molecular weight excluding hydrogens is 406 g/mol. The van der Waals surface area contributed by atoms with Crippen molar-refractivity contribution in [1.82, 2.24) is 9.62 Å². The fraction of sp³-hybridized carbons (Fsp3) is 0.571. The highest BCUT2D eigenvalue weighted by Gasteiger charge is 2.34. The molecule has 0 unspecified atom stereocenters. The van der Waals surface area contributed by atoms with Gasteiger partial charge in [0, 0.05) is 18.7 Å². The second-order valence-electron chi connectivity index (χ2n) is 8.36. The maximum Gasteiger partial charge on any atom is 0.331 e. The van der Waals surface area contributed by atoms with Crippen LogP contribution >= 0.6 is 0 Å². The monoisotopic (exact) mass is 435 g/mol. The average Bonchev–Trinajstić information content (AvgIpc) is 2.96. The lowest BCUT2D eigenvalue weighted by atomic mass is 9.99. The Hall–Kier alpha value is -2.42. The minimum absolute atomic E-state index is 0.116. The molecule has 9 heteroatoms. The number of hydrogen-bond acceptors (Lipinski definition) is 6. The van der Waals surface area contributed by atoms with Crippen LogP contribution < -0.4 is 4.72 Å². The Morgan fingerprint density at radius 3 is 2.43 bits per heavy atom. The summed E-state index contributed by atoms with van der Waals surface area (Å²) in [5.74, 6) is -0.401. The van der Waals surface area contributed by atoms with Gasteiger partial charge >= 0.3 is 5.97 Å². The Balaban J connectivity index is 1.75. The quantitative estimate of drug-likeness (QED) is 0.712. The Labute approximate surface area is 177 Å². The number of sulfonamides is 1. The molecule has 2 aliphatic rings. The fourth-order valence-electron chi connectivity index (χ4n) is 3.62. The predicted octanol–water partition coefficient (Wildman–Crippen LogP) is 1.94. The lowest BCUT2D eigenvalue weighted by Gasteiger charge is -2.32. The van der Waals surface area contributed by atoms with Crippen molar-refractivity contribution in [3.05, 3.63) is 29.8 Å². The van der Waals surface area contributed by atoms with E-state index in [4.69, 9.17) is 4.74 Å². The Kier molecular flexibility index (Phi) is 6.50. The lowest BCUT2D eigenvalue weighted by Crippen LogP contribution is -2.45. The van der Waals surface area contributed by atoms with E-state index in [1.165, 1.54) is 6.07 Å². The first kappa shape index (κ1) is 22.3.